The Balaban J connectivity index is 2.40. The molecule has 128 valence electrons. The quantitative estimate of drug-likeness (QED) is 0.443. The first kappa shape index (κ1) is 16.5. The fourth-order valence-corrected chi connectivity index (χ4v) is 2.99. The predicted octanol–water partition coefficient (Wildman–Crippen LogP) is 3.73. The van der Waals surface area contributed by atoms with Gasteiger partial charge in [0.05, 0.1) is 22.6 Å². The number of nitro benzene ring substituents is 1. The number of nitrogens with zero attached hydrogens (tertiary/aromatic N) is 2. The van der Waals surface area contributed by atoms with Gasteiger partial charge in [-0.05, 0) is 38.1 Å². The van der Waals surface area contributed by atoms with Crippen molar-refractivity contribution in [2.75, 3.05) is 6.61 Å². The Hall–Kier alpha value is -3.35. The van der Waals surface area contributed by atoms with Crippen LogP contribution in [-0.2, 0) is 4.74 Å². The van der Waals surface area contributed by atoms with E-state index in [-0.39, 0.29) is 23.6 Å². The maximum absolute atomic E-state index is 12.4. The van der Waals surface area contributed by atoms with Crippen LogP contribution >= 0.6 is 0 Å². The lowest BCUT2D eigenvalue weighted by Crippen LogP contribution is -2.07. The first-order valence-electron chi connectivity index (χ1n) is 7.70. The van der Waals surface area contributed by atoms with E-state index in [0.717, 1.165) is 0 Å². The number of carbonyl (C=O) groups excluding carboxylic acids is 1. The number of benzene rings is 2. The van der Waals surface area contributed by atoms with E-state index in [4.69, 9.17) is 4.74 Å². The maximum Gasteiger partial charge on any atom is 0.340 e. The van der Waals surface area contributed by atoms with E-state index in [1.54, 1.807) is 42.7 Å². The minimum absolute atomic E-state index is 0.00207. The fourth-order valence-electron chi connectivity index (χ4n) is 2.99. The second-order valence-electron chi connectivity index (χ2n) is 5.46. The highest BCUT2D eigenvalue weighted by Gasteiger charge is 2.25. The summed E-state index contributed by atoms with van der Waals surface area (Å²) in [6.45, 7) is 3.60. The number of nitro groups is 1. The SMILES string of the molecule is CCOC(=O)c1c(C)n(-c2ccccc2[N+](=O)[O-])c2ccc(O)cc12. The number of hydrogen-bond acceptors (Lipinski definition) is 5. The first-order valence-corrected chi connectivity index (χ1v) is 7.70. The van der Waals surface area contributed by atoms with Crippen LogP contribution in [0.25, 0.3) is 16.6 Å². The lowest BCUT2D eigenvalue weighted by atomic mass is 10.1. The molecule has 0 amide bonds. The third-order valence-corrected chi connectivity index (χ3v) is 3.99. The van der Waals surface area contributed by atoms with Crippen molar-refractivity contribution in [1.29, 1.82) is 0 Å². The van der Waals surface area contributed by atoms with Crippen LogP contribution in [0.2, 0.25) is 0 Å². The summed E-state index contributed by atoms with van der Waals surface area (Å²) >= 11 is 0. The lowest BCUT2D eigenvalue weighted by molar-refractivity contribution is -0.384. The average Bonchev–Trinajstić information content (AvgIpc) is 2.86. The van der Waals surface area contributed by atoms with E-state index in [1.807, 2.05) is 0 Å². The van der Waals surface area contributed by atoms with Gasteiger partial charge in [-0.2, -0.15) is 0 Å². The van der Waals surface area contributed by atoms with Gasteiger partial charge in [0.1, 0.15) is 11.4 Å². The number of esters is 1. The second kappa shape index (κ2) is 6.27. The Bertz CT molecular complexity index is 991. The van der Waals surface area contributed by atoms with Crippen LogP contribution in [0.3, 0.4) is 0 Å². The van der Waals surface area contributed by atoms with Gasteiger partial charge in [0.25, 0.3) is 5.69 Å². The summed E-state index contributed by atoms with van der Waals surface area (Å²) in [6, 6.07) is 10.9. The van der Waals surface area contributed by atoms with E-state index < -0.39 is 10.9 Å². The van der Waals surface area contributed by atoms with Gasteiger partial charge >= 0.3 is 5.97 Å². The molecule has 1 aromatic heterocycles. The Morgan fingerprint density at radius 1 is 1.28 bits per heavy atom. The lowest BCUT2D eigenvalue weighted by Gasteiger charge is -2.09. The molecule has 0 radical (unpaired) electrons. The molecule has 1 heterocycles. The molecule has 0 saturated carbocycles. The number of para-hydroxylation sites is 2. The maximum atomic E-state index is 12.4. The molecule has 2 aromatic carbocycles. The minimum Gasteiger partial charge on any atom is -0.508 e. The highest BCUT2D eigenvalue weighted by atomic mass is 16.6. The summed E-state index contributed by atoms with van der Waals surface area (Å²) < 4.78 is 6.75. The summed E-state index contributed by atoms with van der Waals surface area (Å²) in [5, 5.41) is 21.7. The smallest absolute Gasteiger partial charge is 0.340 e. The van der Waals surface area contributed by atoms with Crippen LogP contribution in [-0.4, -0.2) is 27.2 Å². The van der Waals surface area contributed by atoms with E-state index in [2.05, 4.69) is 0 Å². The van der Waals surface area contributed by atoms with Crippen molar-refractivity contribution in [3.63, 3.8) is 0 Å². The van der Waals surface area contributed by atoms with Gasteiger partial charge in [-0.1, -0.05) is 12.1 Å². The van der Waals surface area contributed by atoms with Crippen LogP contribution in [0.15, 0.2) is 42.5 Å². The number of phenolic OH excluding ortho intramolecular Hbond substituents is 1. The highest BCUT2D eigenvalue weighted by molar-refractivity contribution is 6.07. The molecular formula is C18H16N2O5. The molecule has 3 rings (SSSR count). The normalized spacial score (nSPS) is 10.8. The number of fused-ring (bicyclic) bond motifs is 1. The number of phenols is 1. The minimum atomic E-state index is -0.534. The van der Waals surface area contributed by atoms with Crippen molar-refractivity contribution in [3.05, 3.63) is 63.8 Å². The molecule has 0 aliphatic rings. The standard InChI is InChI=1S/C18H16N2O5/c1-3-25-18(22)17-11(2)19(14-9-8-12(21)10-13(14)17)15-6-4-5-7-16(15)20(23)24/h4-10,21H,3H2,1-2H3. The van der Waals surface area contributed by atoms with Gasteiger partial charge < -0.3 is 14.4 Å². The highest BCUT2D eigenvalue weighted by Crippen LogP contribution is 2.35. The Morgan fingerprint density at radius 2 is 2.00 bits per heavy atom. The third kappa shape index (κ3) is 2.69. The molecule has 0 bridgehead atoms. The van der Waals surface area contributed by atoms with Gasteiger partial charge in [-0.15, -0.1) is 0 Å². The zero-order valence-corrected chi connectivity index (χ0v) is 13.7. The van der Waals surface area contributed by atoms with Crippen LogP contribution in [0, 0.1) is 17.0 Å². The zero-order valence-electron chi connectivity index (χ0n) is 13.7. The molecule has 0 aliphatic carbocycles. The van der Waals surface area contributed by atoms with Crippen LogP contribution in [0.5, 0.6) is 5.75 Å². The van der Waals surface area contributed by atoms with E-state index in [0.29, 0.717) is 22.3 Å². The Morgan fingerprint density at radius 3 is 2.68 bits per heavy atom. The second-order valence-corrected chi connectivity index (χ2v) is 5.46. The summed E-state index contributed by atoms with van der Waals surface area (Å²) in [4.78, 5) is 23.3. The van der Waals surface area contributed by atoms with Gasteiger partial charge in [0.2, 0.25) is 0 Å². The number of rotatable bonds is 4. The number of ether oxygens (including phenoxy) is 1. The molecule has 0 atom stereocenters. The van der Waals surface area contributed by atoms with Crippen LogP contribution in [0.1, 0.15) is 23.0 Å². The largest absolute Gasteiger partial charge is 0.508 e. The Labute approximate surface area is 143 Å². The van der Waals surface area contributed by atoms with Crippen molar-refractivity contribution < 1.29 is 19.6 Å². The molecule has 0 spiro atoms. The first-order chi connectivity index (χ1) is 12.0. The molecule has 3 aromatic rings. The molecule has 0 fully saturated rings. The van der Waals surface area contributed by atoms with E-state index in [1.165, 1.54) is 18.2 Å². The summed E-state index contributed by atoms with van der Waals surface area (Å²) in [7, 11) is 0. The molecule has 25 heavy (non-hydrogen) atoms. The number of aromatic nitrogens is 1. The number of hydrogen-bond donors (Lipinski definition) is 1. The predicted molar refractivity (Wildman–Crippen MR) is 92.3 cm³/mol. The van der Waals surface area contributed by atoms with Crippen LogP contribution < -0.4 is 0 Å². The number of carbonyl (C=O) groups is 1. The molecule has 1 N–H and O–H groups in total. The average molecular weight is 340 g/mol. The number of aromatic hydroxyl groups is 1. The van der Waals surface area contributed by atoms with Gasteiger partial charge in [-0.3, -0.25) is 10.1 Å². The van der Waals surface area contributed by atoms with Crippen molar-refractivity contribution in [2.45, 2.75) is 13.8 Å². The molecule has 7 nitrogen and oxygen atoms in total. The van der Waals surface area contributed by atoms with E-state index in [9.17, 15) is 20.0 Å². The van der Waals surface area contributed by atoms with Gasteiger partial charge in [0, 0.05) is 17.1 Å². The molecule has 0 aliphatic heterocycles. The molecule has 7 heteroatoms. The third-order valence-electron chi connectivity index (χ3n) is 3.99. The summed E-state index contributed by atoms with van der Waals surface area (Å²) in [6.07, 6.45) is 0. The van der Waals surface area contributed by atoms with Crippen molar-refractivity contribution in [3.8, 4) is 11.4 Å². The Kier molecular flexibility index (Phi) is 4.14. The topological polar surface area (TPSA) is 94.6 Å². The summed E-state index contributed by atoms with van der Waals surface area (Å²) in [5.74, 6) is -0.536. The molecular weight excluding hydrogens is 324 g/mol. The van der Waals surface area contributed by atoms with Crippen molar-refractivity contribution in [2.24, 2.45) is 0 Å². The molecule has 0 saturated heterocycles. The van der Waals surface area contributed by atoms with Gasteiger partial charge in [0.15, 0.2) is 0 Å². The monoisotopic (exact) mass is 340 g/mol. The van der Waals surface area contributed by atoms with E-state index >= 15 is 0 Å². The molecule has 0 unspecified atom stereocenters. The zero-order chi connectivity index (χ0) is 18.1. The van der Waals surface area contributed by atoms with Gasteiger partial charge in [-0.25, -0.2) is 4.79 Å². The fraction of sp³-hybridized carbons (Fsp3) is 0.167. The van der Waals surface area contributed by atoms with Crippen molar-refractivity contribution in [1.82, 2.24) is 4.57 Å². The summed E-state index contributed by atoms with van der Waals surface area (Å²) in [5.41, 5.74) is 1.63. The van der Waals surface area contributed by atoms with Crippen LogP contribution in [0.4, 0.5) is 5.69 Å². The van der Waals surface area contributed by atoms with Crippen molar-refractivity contribution >= 4 is 22.6 Å².